The summed E-state index contributed by atoms with van der Waals surface area (Å²) < 4.78 is 45.3. The molecule has 7 heteroatoms. The molecule has 0 aliphatic heterocycles. The fourth-order valence-corrected chi connectivity index (χ4v) is 2.41. The van der Waals surface area contributed by atoms with Gasteiger partial charge in [0.1, 0.15) is 12.4 Å². The van der Waals surface area contributed by atoms with Crippen molar-refractivity contribution in [3.05, 3.63) is 89.7 Å². The molecule has 2 N–H and O–H groups in total. The number of carbonyl (C=O) groups is 1. The summed E-state index contributed by atoms with van der Waals surface area (Å²) in [6.07, 6.45) is 0. The number of rotatable bonds is 7. The maximum absolute atomic E-state index is 13.6. The van der Waals surface area contributed by atoms with Gasteiger partial charge in [-0.05, 0) is 42.0 Å². The average Bonchev–Trinajstić information content (AvgIpc) is 2.73. The van der Waals surface area contributed by atoms with Gasteiger partial charge in [-0.3, -0.25) is 4.79 Å². The van der Waals surface area contributed by atoms with Crippen molar-refractivity contribution in [3.63, 3.8) is 0 Å². The Morgan fingerprint density at radius 2 is 1.57 bits per heavy atom. The normalized spacial score (nSPS) is 10.4. The van der Waals surface area contributed by atoms with Crippen LogP contribution in [0.4, 0.5) is 24.5 Å². The number of benzene rings is 3. The highest BCUT2D eigenvalue weighted by Gasteiger charge is 2.15. The zero-order valence-corrected chi connectivity index (χ0v) is 14.7. The summed E-state index contributed by atoms with van der Waals surface area (Å²) in [6.45, 7) is 0.262. The van der Waals surface area contributed by atoms with E-state index in [9.17, 15) is 18.0 Å². The highest BCUT2D eigenvalue weighted by molar-refractivity contribution is 5.93. The van der Waals surface area contributed by atoms with Crippen molar-refractivity contribution in [3.8, 4) is 5.75 Å². The molecule has 0 saturated heterocycles. The Morgan fingerprint density at radius 1 is 0.857 bits per heavy atom. The molecule has 0 spiro atoms. The van der Waals surface area contributed by atoms with Crippen molar-refractivity contribution in [2.24, 2.45) is 0 Å². The predicted molar refractivity (Wildman–Crippen MR) is 101 cm³/mol. The van der Waals surface area contributed by atoms with E-state index in [1.165, 1.54) is 0 Å². The van der Waals surface area contributed by atoms with Gasteiger partial charge in [0.15, 0.2) is 17.5 Å². The first kappa shape index (κ1) is 19.3. The maximum atomic E-state index is 13.6. The van der Waals surface area contributed by atoms with Crippen LogP contribution in [-0.2, 0) is 11.4 Å². The molecule has 0 radical (unpaired) electrons. The van der Waals surface area contributed by atoms with Gasteiger partial charge in [0.25, 0.3) is 0 Å². The van der Waals surface area contributed by atoms with Crippen molar-refractivity contribution in [2.75, 3.05) is 17.2 Å². The Balaban J connectivity index is 1.49. The fourth-order valence-electron chi connectivity index (χ4n) is 2.41. The molecule has 0 aliphatic rings. The van der Waals surface area contributed by atoms with Crippen molar-refractivity contribution in [1.82, 2.24) is 0 Å². The monoisotopic (exact) mass is 386 g/mol. The van der Waals surface area contributed by atoms with Crippen molar-refractivity contribution < 1.29 is 22.7 Å². The van der Waals surface area contributed by atoms with E-state index in [0.29, 0.717) is 18.0 Å². The third kappa shape index (κ3) is 5.03. The van der Waals surface area contributed by atoms with Gasteiger partial charge in [-0.1, -0.05) is 30.3 Å². The summed E-state index contributed by atoms with van der Waals surface area (Å²) in [5.41, 5.74) is 1.27. The molecular weight excluding hydrogens is 369 g/mol. The SMILES string of the molecule is O=C(CNc1ccc(OCc2ccccc2)cc1)Nc1ccc(F)c(F)c1F. The van der Waals surface area contributed by atoms with Gasteiger partial charge in [-0.15, -0.1) is 0 Å². The van der Waals surface area contributed by atoms with Crippen LogP contribution < -0.4 is 15.4 Å². The third-order valence-corrected chi connectivity index (χ3v) is 3.86. The molecule has 3 rings (SSSR count). The van der Waals surface area contributed by atoms with Gasteiger partial charge in [-0.25, -0.2) is 13.2 Å². The topological polar surface area (TPSA) is 50.4 Å². The van der Waals surface area contributed by atoms with E-state index < -0.39 is 29.0 Å². The van der Waals surface area contributed by atoms with Gasteiger partial charge >= 0.3 is 0 Å². The molecule has 28 heavy (non-hydrogen) atoms. The Hall–Kier alpha value is -3.48. The van der Waals surface area contributed by atoms with Crippen LogP contribution in [0, 0.1) is 17.5 Å². The van der Waals surface area contributed by atoms with Gasteiger partial charge in [0.05, 0.1) is 12.2 Å². The molecule has 4 nitrogen and oxygen atoms in total. The number of hydrogen-bond donors (Lipinski definition) is 2. The van der Waals surface area contributed by atoms with Crippen LogP contribution in [0.2, 0.25) is 0 Å². The van der Waals surface area contributed by atoms with Crippen molar-refractivity contribution >= 4 is 17.3 Å². The number of nitrogens with one attached hydrogen (secondary N) is 2. The Labute approximate surface area is 160 Å². The highest BCUT2D eigenvalue weighted by Crippen LogP contribution is 2.20. The Morgan fingerprint density at radius 3 is 2.29 bits per heavy atom. The lowest BCUT2D eigenvalue weighted by Crippen LogP contribution is -2.22. The first-order chi connectivity index (χ1) is 13.5. The van der Waals surface area contributed by atoms with E-state index >= 15 is 0 Å². The quantitative estimate of drug-likeness (QED) is 0.577. The number of carbonyl (C=O) groups excluding carboxylic acids is 1. The van der Waals surface area contributed by atoms with Gasteiger partial charge in [0.2, 0.25) is 5.91 Å². The van der Waals surface area contributed by atoms with E-state index in [2.05, 4.69) is 10.6 Å². The first-order valence-electron chi connectivity index (χ1n) is 8.47. The molecule has 0 heterocycles. The van der Waals surface area contributed by atoms with E-state index in [0.717, 1.165) is 17.7 Å². The summed E-state index contributed by atoms with van der Waals surface area (Å²) >= 11 is 0. The minimum Gasteiger partial charge on any atom is -0.489 e. The molecule has 0 unspecified atom stereocenters. The van der Waals surface area contributed by atoms with Gasteiger partial charge in [-0.2, -0.15) is 0 Å². The number of halogens is 3. The van der Waals surface area contributed by atoms with Crippen molar-refractivity contribution in [2.45, 2.75) is 6.61 Å². The second kappa shape index (κ2) is 8.94. The molecular formula is C21H17F3N2O2. The zero-order valence-electron chi connectivity index (χ0n) is 14.7. The molecule has 3 aromatic rings. The maximum Gasteiger partial charge on any atom is 0.243 e. The largest absolute Gasteiger partial charge is 0.489 e. The summed E-state index contributed by atoms with van der Waals surface area (Å²) in [4.78, 5) is 11.9. The fraction of sp³-hybridized carbons (Fsp3) is 0.0952. The molecule has 0 aromatic heterocycles. The number of ether oxygens (including phenoxy) is 1. The molecule has 1 amide bonds. The lowest BCUT2D eigenvalue weighted by molar-refractivity contribution is -0.114. The summed E-state index contributed by atoms with van der Waals surface area (Å²) in [7, 11) is 0. The standard InChI is InChI=1S/C21H17F3N2O2/c22-17-10-11-18(21(24)20(17)23)26-19(27)12-25-15-6-8-16(9-7-15)28-13-14-4-2-1-3-5-14/h1-11,25H,12-13H2,(H,26,27). The van der Waals surface area contributed by atoms with E-state index in [1.807, 2.05) is 30.3 Å². The summed E-state index contributed by atoms with van der Waals surface area (Å²) in [5.74, 6) is -4.31. The lowest BCUT2D eigenvalue weighted by Gasteiger charge is -2.10. The molecule has 0 atom stereocenters. The Kier molecular flexibility index (Phi) is 6.16. The van der Waals surface area contributed by atoms with E-state index in [4.69, 9.17) is 4.74 Å². The van der Waals surface area contributed by atoms with Crippen LogP contribution in [-0.4, -0.2) is 12.5 Å². The number of hydrogen-bond acceptors (Lipinski definition) is 3. The third-order valence-electron chi connectivity index (χ3n) is 3.86. The van der Waals surface area contributed by atoms with Gasteiger partial charge in [0, 0.05) is 5.69 Å². The van der Waals surface area contributed by atoms with Crippen LogP contribution >= 0.6 is 0 Å². The van der Waals surface area contributed by atoms with Crippen LogP contribution in [0.25, 0.3) is 0 Å². The second-order valence-electron chi connectivity index (χ2n) is 5.92. The molecule has 0 aliphatic carbocycles. The summed E-state index contributed by atoms with van der Waals surface area (Å²) in [5, 5.41) is 5.04. The minimum absolute atomic E-state index is 0.178. The minimum atomic E-state index is -1.63. The van der Waals surface area contributed by atoms with Crippen molar-refractivity contribution in [1.29, 1.82) is 0 Å². The molecule has 0 fully saturated rings. The number of anilines is 2. The summed E-state index contributed by atoms with van der Waals surface area (Å²) in [6, 6.07) is 18.4. The van der Waals surface area contributed by atoms with Gasteiger partial charge < -0.3 is 15.4 Å². The second-order valence-corrected chi connectivity index (χ2v) is 5.92. The zero-order chi connectivity index (χ0) is 19.9. The highest BCUT2D eigenvalue weighted by atomic mass is 19.2. The smallest absolute Gasteiger partial charge is 0.243 e. The average molecular weight is 386 g/mol. The van der Waals surface area contributed by atoms with Crippen LogP contribution in [0.5, 0.6) is 5.75 Å². The predicted octanol–water partition coefficient (Wildman–Crippen LogP) is 4.73. The molecule has 144 valence electrons. The van der Waals surface area contributed by atoms with Crippen LogP contribution in [0.3, 0.4) is 0 Å². The lowest BCUT2D eigenvalue weighted by atomic mass is 10.2. The van der Waals surface area contributed by atoms with Crippen LogP contribution in [0.1, 0.15) is 5.56 Å². The Bertz CT molecular complexity index is 948. The molecule has 3 aromatic carbocycles. The molecule has 0 bridgehead atoms. The van der Waals surface area contributed by atoms with E-state index in [-0.39, 0.29) is 6.54 Å². The first-order valence-corrected chi connectivity index (χ1v) is 8.47. The van der Waals surface area contributed by atoms with Crippen LogP contribution in [0.15, 0.2) is 66.7 Å². The number of amides is 1. The molecule has 0 saturated carbocycles. The van der Waals surface area contributed by atoms with E-state index in [1.54, 1.807) is 24.3 Å².